The molecular weight excluding hydrogens is 180 g/mol. The van der Waals surface area contributed by atoms with Gasteiger partial charge in [-0.15, -0.1) is 0 Å². The van der Waals surface area contributed by atoms with Crippen molar-refractivity contribution in [1.29, 1.82) is 0 Å². The van der Waals surface area contributed by atoms with Crippen LogP contribution < -0.4 is 5.73 Å². The van der Waals surface area contributed by atoms with Crippen molar-refractivity contribution in [2.24, 2.45) is 5.73 Å². The zero-order chi connectivity index (χ0) is 10.6. The lowest BCUT2D eigenvalue weighted by Gasteiger charge is -2.36. The largest absolute Gasteiger partial charge is 0.388 e. The first kappa shape index (κ1) is 11.9. The van der Waals surface area contributed by atoms with E-state index in [4.69, 9.17) is 10.5 Å². The van der Waals surface area contributed by atoms with Crippen LogP contribution in [0.1, 0.15) is 20.3 Å². The molecule has 0 aromatic heterocycles. The molecule has 1 fully saturated rings. The lowest BCUT2D eigenvalue weighted by atomic mass is 10.1. The highest BCUT2D eigenvalue weighted by atomic mass is 16.5. The predicted octanol–water partition coefficient (Wildman–Crippen LogP) is -0.193. The quantitative estimate of drug-likeness (QED) is 0.663. The maximum absolute atomic E-state index is 9.83. The summed E-state index contributed by atoms with van der Waals surface area (Å²) in [4.78, 5) is 2.23. The Hall–Kier alpha value is -0.160. The van der Waals surface area contributed by atoms with Crippen LogP contribution in [-0.2, 0) is 4.74 Å². The van der Waals surface area contributed by atoms with E-state index in [9.17, 15) is 5.11 Å². The molecule has 0 amide bonds. The third-order valence-corrected chi connectivity index (χ3v) is 2.68. The predicted molar refractivity (Wildman–Crippen MR) is 56.1 cm³/mol. The molecule has 4 heteroatoms. The highest BCUT2D eigenvalue weighted by Crippen LogP contribution is 2.11. The molecule has 2 atom stereocenters. The molecule has 0 aliphatic carbocycles. The van der Waals surface area contributed by atoms with Crippen molar-refractivity contribution in [2.45, 2.75) is 32.0 Å². The Morgan fingerprint density at radius 3 is 2.93 bits per heavy atom. The van der Waals surface area contributed by atoms with Gasteiger partial charge in [0.25, 0.3) is 0 Å². The lowest BCUT2D eigenvalue weighted by molar-refractivity contribution is -0.0577. The first-order valence-corrected chi connectivity index (χ1v) is 5.34. The van der Waals surface area contributed by atoms with Crippen LogP contribution in [0.3, 0.4) is 0 Å². The van der Waals surface area contributed by atoms with Gasteiger partial charge in [0, 0.05) is 26.2 Å². The molecule has 0 saturated carbocycles. The van der Waals surface area contributed by atoms with Crippen LogP contribution in [0.15, 0.2) is 0 Å². The fourth-order valence-electron chi connectivity index (χ4n) is 1.72. The molecule has 14 heavy (non-hydrogen) atoms. The van der Waals surface area contributed by atoms with E-state index < -0.39 is 5.60 Å². The van der Waals surface area contributed by atoms with Gasteiger partial charge in [0.2, 0.25) is 0 Å². The Labute approximate surface area is 86.0 Å². The highest BCUT2D eigenvalue weighted by molar-refractivity contribution is 4.81. The van der Waals surface area contributed by atoms with Gasteiger partial charge in [0.1, 0.15) is 0 Å². The fraction of sp³-hybridized carbons (Fsp3) is 1.00. The first-order chi connectivity index (χ1) is 6.57. The number of morpholine rings is 1. The number of ether oxygens (including phenoxy) is 1. The molecular formula is C10H22N2O2. The Morgan fingerprint density at radius 2 is 2.36 bits per heavy atom. The first-order valence-electron chi connectivity index (χ1n) is 5.34. The van der Waals surface area contributed by atoms with Crippen LogP contribution in [0, 0.1) is 0 Å². The van der Waals surface area contributed by atoms with E-state index in [0.717, 1.165) is 26.1 Å². The van der Waals surface area contributed by atoms with Crippen LogP contribution in [0.4, 0.5) is 0 Å². The van der Waals surface area contributed by atoms with Gasteiger partial charge in [-0.05, 0) is 13.3 Å². The van der Waals surface area contributed by atoms with Gasteiger partial charge in [-0.25, -0.2) is 0 Å². The number of hydrogen-bond donors (Lipinski definition) is 2. The Balaban J connectivity index is 2.37. The van der Waals surface area contributed by atoms with Gasteiger partial charge in [0.05, 0.1) is 18.3 Å². The molecule has 4 nitrogen and oxygen atoms in total. The van der Waals surface area contributed by atoms with E-state index in [1.54, 1.807) is 6.92 Å². The molecule has 2 unspecified atom stereocenters. The molecule has 1 heterocycles. The van der Waals surface area contributed by atoms with Crippen molar-refractivity contribution >= 4 is 0 Å². The minimum Gasteiger partial charge on any atom is -0.388 e. The topological polar surface area (TPSA) is 58.7 Å². The Kier molecular flexibility index (Phi) is 4.31. The third-order valence-electron chi connectivity index (χ3n) is 2.68. The van der Waals surface area contributed by atoms with Gasteiger partial charge in [-0.3, -0.25) is 4.90 Å². The smallest absolute Gasteiger partial charge is 0.0867 e. The number of nitrogens with two attached hydrogens (primary N) is 1. The van der Waals surface area contributed by atoms with Gasteiger partial charge >= 0.3 is 0 Å². The van der Waals surface area contributed by atoms with Crippen molar-refractivity contribution < 1.29 is 9.84 Å². The monoisotopic (exact) mass is 202 g/mol. The molecule has 0 aromatic carbocycles. The molecule has 0 aromatic rings. The second kappa shape index (κ2) is 5.07. The van der Waals surface area contributed by atoms with Crippen LogP contribution in [0.25, 0.3) is 0 Å². The fourth-order valence-corrected chi connectivity index (χ4v) is 1.72. The second-order valence-corrected chi connectivity index (χ2v) is 4.34. The Morgan fingerprint density at radius 1 is 1.64 bits per heavy atom. The summed E-state index contributed by atoms with van der Waals surface area (Å²) in [6.07, 6.45) is 1.35. The van der Waals surface area contributed by atoms with E-state index in [2.05, 4.69) is 11.8 Å². The van der Waals surface area contributed by atoms with Gasteiger partial charge in [0.15, 0.2) is 0 Å². The molecule has 1 saturated heterocycles. The average Bonchev–Trinajstić information content (AvgIpc) is 2.17. The number of rotatable bonds is 4. The summed E-state index contributed by atoms with van der Waals surface area (Å²) >= 11 is 0. The normalized spacial score (nSPS) is 28.7. The average molecular weight is 202 g/mol. The molecule has 84 valence electrons. The van der Waals surface area contributed by atoms with Crippen molar-refractivity contribution in [3.63, 3.8) is 0 Å². The summed E-state index contributed by atoms with van der Waals surface area (Å²) < 4.78 is 5.55. The van der Waals surface area contributed by atoms with E-state index in [1.807, 2.05) is 0 Å². The minimum atomic E-state index is -0.768. The maximum atomic E-state index is 9.83. The number of aliphatic hydroxyl groups is 1. The summed E-state index contributed by atoms with van der Waals surface area (Å²) in [7, 11) is 0. The van der Waals surface area contributed by atoms with Gasteiger partial charge in [-0.1, -0.05) is 6.92 Å². The molecule has 3 N–H and O–H groups in total. The standard InChI is InChI=1S/C10H22N2O2/c1-3-9-6-12(4-5-14-9)8-10(2,13)7-11/h9,13H,3-8,11H2,1-2H3. The third kappa shape index (κ3) is 3.53. The van der Waals surface area contributed by atoms with E-state index in [0.29, 0.717) is 19.2 Å². The summed E-state index contributed by atoms with van der Waals surface area (Å²) in [6, 6.07) is 0. The van der Waals surface area contributed by atoms with Crippen LogP contribution >= 0.6 is 0 Å². The summed E-state index contributed by atoms with van der Waals surface area (Å²) in [5.74, 6) is 0. The number of β-amino-alcohol motifs (C(OH)–C–C–N with tert-alkyl or cyclic N) is 1. The number of nitrogens with zero attached hydrogens (tertiary/aromatic N) is 1. The molecule has 0 spiro atoms. The minimum absolute atomic E-state index is 0.307. The molecule has 1 aliphatic rings. The van der Waals surface area contributed by atoms with E-state index >= 15 is 0 Å². The van der Waals surface area contributed by atoms with Crippen molar-refractivity contribution in [2.75, 3.05) is 32.8 Å². The van der Waals surface area contributed by atoms with E-state index in [-0.39, 0.29) is 0 Å². The highest BCUT2D eigenvalue weighted by Gasteiger charge is 2.26. The zero-order valence-corrected chi connectivity index (χ0v) is 9.20. The second-order valence-electron chi connectivity index (χ2n) is 4.34. The summed E-state index contributed by atoms with van der Waals surface area (Å²) in [6.45, 7) is 7.42. The summed E-state index contributed by atoms with van der Waals surface area (Å²) in [5, 5.41) is 9.83. The molecule has 1 rings (SSSR count). The van der Waals surface area contributed by atoms with Crippen LogP contribution in [-0.4, -0.2) is 54.5 Å². The van der Waals surface area contributed by atoms with Crippen LogP contribution in [0.5, 0.6) is 0 Å². The SMILES string of the molecule is CCC1CN(CC(C)(O)CN)CCO1. The summed E-state index contributed by atoms with van der Waals surface area (Å²) in [5.41, 5.74) is 4.71. The van der Waals surface area contributed by atoms with Gasteiger partial charge < -0.3 is 15.6 Å². The molecule has 1 aliphatic heterocycles. The van der Waals surface area contributed by atoms with Crippen molar-refractivity contribution in [3.8, 4) is 0 Å². The molecule has 0 bridgehead atoms. The lowest BCUT2D eigenvalue weighted by Crippen LogP contribution is -2.51. The van der Waals surface area contributed by atoms with Crippen molar-refractivity contribution in [3.05, 3.63) is 0 Å². The number of hydrogen-bond acceptors (Lipinski definition) is 4. The maximum Gasteiger partial charge on any atom is 0.0867 e. The zero-order valence-electron chi connectivity index (χ0n) is 9.20. The van der Waals surface area contributed by atoms with Crippen LogP contribution in [0.2, 0.25) is 0 Å². The van der Waals surface area contributed by atoms with E-state index in [1.165, 1.54) is 0 Å². The molecule has 0 radical (unpaired) electrons. The van der Waals surface area contributed by atoms with Crippen molar-refractivity contribution in [1.82, 2.24) is 4.90 Å². The Bertz CT molecular complexity index is 174. The van der Waals surface area contributed by atoms with Gasteiger partial charge in [-0.2, -0.15) is 0 Å².